The van der Waals surface area contributed by atoms with E-state index in [2.05, 4.69) is 5.32 Å². The van der Waals surface area contributed by atoms with E-state index in [9.17, 15) is 14.0 Å². The Kier molecular flexibility index (Phi) is 10.6. The standard InChI is InChI=1S/C31H34ClFN2O2S/c32-25-16-18-27(19-17-25)38-20-8-15-30(36)35(22-24-11-4-7-14-28(24)33)29(21-23-9-2-1-3-10-23)31(37)34-26-12-5-6-13-26/h1-4,7,9-11,14,16-19,26,29H,5-6,8,12-13,15,20-22H2,(H,34,37)/t29-/m0/s1. The Morgan fingerprint density at radius 2 is 1.66 bits per heavy atom. The van der Waals surface area contributed by atoms with Gasteiger partial charge in [0.15, 0.2) is 0 Å². The Balaban J connectivity index is 1.52. The van der Waals surface area contributed by atoms with Crippen molar-refractivity contribution in [3.63, 3.8) is 0 Å². The molecule has 200 valence electrons. The number of nitrogens with one attached hydrogen (secondary N) is 1. The SMILES string of the molecule is O=C(NC1CCCC1)[C@H](Cc1ccccc1)N(Cc1ccccc1F)C(=O)CCCSc1ccc(Cl)cc1. The first-order valence-electron chi connectivity index (χ1n) is 13.2. The summed E-state index contributed by atoms with van der Waals surface area (Å²) >= 11 is 7.63. The molecule has 0 saturated heterocycles. The second kappa shape index (κ2) is 14.4. The highest BCUT2D eigenvalue weighted by Gasteiger charge is 2.32. The Hall–Kier alpha value is -2.83. The van der Waals surface area contributed by atoms with E-state index >= 15 is 0 Å². The zero-order valence-electron chi connectivity index (χ0n) is 21.5. The number of amides is 2. The molecule has 0 heterocycles. The first kappa shape index (κ1) is 28.2. The van der Waals surface area contributed by atoms with E-state index in [1.807, 2.05) is 54.6 Å². The van der Waals surface area contributed by atoms with E-state index in [1.54, 1.807) is 34.9 Å². The summed E-state index contributed by atoms with van der Waals surface area (Å²) in [6.07, 6.45) is 5.38. The zero-order chi connectivity index (χ0) is 26.7. The molecule has 7 heteroatoms. The molecule has 1 fully saturated rings. The van der Waals surface area contributed by atoms with Crippen LogP contribution < -0.4 is 5.32 Å². The van der Waals surface area contributed by atoms with Gasteiger partial charge in [0.25, 0.3) is 0 Å². The smallest absolute Gasteiger partial charge is 0.243 e. The molecule has 0 bridgehead atoms. The molecule has 0 unspecified atom stereocenters. The number of benzene rings is 3. The molecule has 1 saturated carbocycles. The van der Waals surface area contributed by atoms with Gasteiger partial charge in [0.1, 0.15) is 11.9 Å². The van der Waals surface area contributed by atoms with Gasteiger partial charge >= 0.3 is 0 Å². The minimum Gasteiger partial charge on any atom is -0.352 e. The molecule has 0 spiro atoms. The van der Waals surface area contributed by atoms with Crippen molar-refractivity contribution in [2.24, 2.45) is 0 Å². The normalized spacial score (nSPS) is 14.3. The lowest BCUT2D eigenvalue weighted by atomic mass is 10.0. The van der Waals surface area contributed by atoms with Crippen molar-refractivity contribution >= 4 is 35.2 Å². The van der Waals surface area contributed by atoms with Gasteiger partial charge in [-0.15, -0.1) is 11.8 Å². The molecule has 1 atom stereocenters. The topological polar surface area (TPSA) is 49.4 Å². The highest BCUT2D eigenvalue weighted by Crippen LogP contribution is 2.24. The van der Waals surface area contributed by atoms with Crippen LogP contribution in [-0.2, 0) is 22.6 Å². The molecule has 0 aliphatic heterocycles. The van der Waals surface area contributed by atoms with Crippen LogP contribution in [0.2, 0.25) is 5.02 Å². The Bertz CT molecular complexity index is 1190. The van der Waals surface area contributed by atoms with Crippen molar-refractivity contribution in [3.05, 3.63) is 101 Å². The predicted octanol–water partition coefficient (Wildman–Crippen LogP) is 7.05. The van der Waals surface area contributed by atoms with Crippen molar-refractivity contribution in [3.8, 4) is 0 Å². The number of hydrogen-bond donors (Lipinski definition) is 1. The van der Waals surface area contributed by atoms with Gasteiger partial charge in [-0.2, -0.15) is 0 Å². The van der Waals surface area contributed by atoms with Crippen molar-refractivity contribution in [1.29, 1.82) is 0 Å². The fourth-order valence-electron chi connectivity index (χ4n) is 4.82. The van der Waals surface area contributed by atoms with Gasteiger partial charge in [-0.25, -0.2) is 4.39 Å². The molecule has 4 nitrogen and oxygen atoms in total. The first-order chi connectivity index (χ1) is 18.5. The average Bonchev–Trinajstić information content (AvgIpc) is 3.44. The highest BCUT2D eigenvalue weighted by molar-refractivity contribution is 7.99. The summed E-state index contributed by atoms with van der Waals surface area (Å²) in [5.41, 5.74) is 1.37. The van der Waals surface area contributed by atoms with Gasteiger partial charge in [0.05, 0.1) is 0 Å². The molecule has 4 rings (SSSR count). The maximum Gasteiger partial charge on any atom is 0.243 e. The summed E-state index contributed by atoms with van der Waals surface area (Å²) < 4.78 is 14.7. The molecule has 2 amide bonds. The van der Waals surface area contributed by atoms with E-state index < -0.39 is 6.04 Å². The number of halogens is 2. The number of thioether (sulfide) groups is 1. The third kappa shape index (κ3) is 8.34. The summed E-state index contributed by atoms with van der Waals surface area (Å²) in [4.78, 5) is 30.0. The average molecular weight is 553 g/mol. The third-order valence-electron chi connectivity index (χ3n) is 6.89. The van der Waals surface area contributed by atoms with Gasteiger partial charge in [-0.05, 0) is 60.9 Å². The Morgan fingerprint density at radius 1 is 0.974 bits per heavy atom. The van der Waals surface area contributed by atoms with Crippen molar-refractivity contribution in [1.82, 2.24) is 10.2 Å². The van der Waals surface area contributed by atoms with E-state index in [0.29, 0.717) is 23.4 Å². The van der Waals surface area contributed by atoms with Gasteiger partial charge in [-0.1, -0.05) is 73.0 Å². The minimum atomic E-state index is -0.728. The molecule has 0 aromatic heterocycles. The van der Waals surface area contributed by atoms with Crippen LogP contribution in [0.15, 0.2) is 83.8 Å². The number of hydrogen-bond acceptors (Lipinski definition) is 3. The maximum atomic E-state index is 14.7. The molecule has 3 aromatic rings. The van der Waals surface area contributed by atoms with Crippen LogP contribution in [0.4, 0.5) is 4.39 Å². The Labute approximate surface area is 234 Å². The minimum absolute atomic E-state index is 0.0470. The summed E-state index contributed by atoms with van der Waals surface area (Å²) in [5.74, 6) is 0.0603. The number of nitrogens with zero attached hydrogens (tertiary/aromatic N) is 1. The second-order valence-corrected chi connectivity index (χ2v) is 11.3. The molecule has 1 aliphatic carbocycles. The van der Waals surface area contributed by atoms with E-state index in [4.69, 9.17) is 11.6 Å². The molecular formula is C31H34ClFN2O2S. The monoisotopic (exact) mass is 552 g/mol. The van der Waals surface area contributed by atoms with Crippen LogP contribution in [0.1, 0.15) is 49.7 Å². The zero-order valence-corrected chi connectivity index (χ0v) is 23.0. The lowest BCUT2D eigenvalue weighted by molar-refractivity contribution is -0.141. The predicted molar refractivity (Wildman–Crippen MR) is 153 cm³/mol. The van der Waals surface area contributed by atoms with E-state index in [-0.39, 0.29) is 36.6 Å². The first-order valence-corrected chi connectivity index (χ1v) is 14.6. The lowest BCUT2D eigenvalue weighted by Gasteiger charge is -2.32. The quantitative estimate of drug-likeness (QED) is 0.193. The Morgan fingerprint density at radius 3 is 2.37 bits per heavy atom. The van der Waals surface area contributed by atoms with E-state index in [0.717, 1.165) is 41.9 Å². The van der Waals surface area contributed by atoms with Crippen LogP contribution in [0, 0.1) is 5.82 Å². The lowest BCUT2D eigenvalue weighted by Crippen LogP contribution is -2.52. The highest BCUT2D eigenvalue weighted by atomic mass is 35.5. The molecule has 1 aliphatic rings. The second-order valence-electron chi connectivity index (χ2n) is 9.71. The molecule has 0 radical (unpaired) electrons. The largest absolute Gasteiger partial charge is 0.352 e. The molecule has 1 N–H and O–H groups in total. The fraction of sp³-hybridized carbons (Fsp3) is 0.355. The summed E-state index contributed by atoms with van der Waals surface area (Å²) in [7, 11) is 0. The fourth-order valence-corrected chi connectivity index (χ4v) is 5.80. The number of carbonyl (C=O) groups is 2. The van der Waals surface area contributed by atoms with Gasteiger partial charge < -0.3 is 10.2 Å². The summed E-state index contributed by atoms with van der Waals surface area (Å²) in [6.45, 7) is 0.0470. The van der Waals surface area contributed by atoms with Crippen molar-refractivity contribution in [2.75, 3.05) is 5.75 Å². The summed E-state index contributed by atoms with van der Waals surface area (Å²) in [5, 5.41) is 3.88. The van der Waals surface area contributed by atoms with Crippen molar-refractivity contribution < 1.29 is 14.0 Å². The van der Waals surface area contributed by atoms with Crippen LogP contribution in [-0.4, -0.2) is 34.6 Å². The van der Waals surface area contributed by atoms with Gasteiger partial charge in [0, 0.05) is 40.9 Å². The van der Waals surface area contributed by atoms with Gasteiger partial charge in [-0.3, -0.25) is 9.59 Å². The van der Waals surface area contributed by atoms with Crippen LogP contribution in [0.5, 0.6) is 0 Å². The van der Waals surface area contributed by atoms with Crippen LogP contribution in [0.3, 0.4) is 0 Å². The maximum absolute atomic E-state index is 14.7. The van der Waals surface area contributed by atoms with Crippen molar-refractivity contribution in [2.45, 2.75) is 68.5 Å². The molecular weight excluding hydrogens is 519 g/mol. The summed E-state index contributed by atoms with van der Waals surface area (Å²) in [6, 6.07) is 23.2. The number of rotatable bonds is 12. The molecule has 3 aromatic carbocycles. The molecule has 38 heavy (non-hydrogen) atoms. The number of carbonyl (C=O) groups excluding carboxylic acids is 2. The van der Waals surface area contributed by atoms with Gasteiger partial charge in [0.2, 0.25) is 11.8 Å². The van der Waals surface area contributed by atoms with E-state index in [1.165, 1.54) is 6.07 Å². The van der Waals surface area contributed by atoms with Crippen LogP contribution in [0.25, 0.3) is 0 Å². The van der Waals surface area contributed by atoms with Crippen LogP contribution >= 0.6 is 23.4 Å². The third-order valence-corrected chi connectivity index (χ3v) is 8.24.